The van der Waals surface area contributed by atoms with Gasteiger partial charge in [0.15, 0.2) is 0 Å². The molecule has 0 aliphatic heterocycles. The lowest BCUT2D eigenvalue weighted by Gasteiger charge is -2.14. The molecule has 0 unspecified atom stereocenters. The van der Waals surface area contributed by atoms with Crippen LogP contribution in [0.2, 0.25) is 0 Å². The van der Waals surface area contributed by atoms with Gasteiger partial charge in [-0.15, -0.1) is 0 Å². The second kappa shape index (κ2) is 7.17. The van der Waals surface area contributed by atoms with Gasteiger partial charge in [-0.25, -0.2) is 0 Å². The molecule has 0 atom stereocenters. The predicted octanol–water partition coefficient (Wildman–Crippen LogP) is -0.204. The quantitative estimate of drug-likeness (QED) is 0.720. The third-order valence-electron chi connectivity index (χ3n) is 3.04. The first-order valence-electron chi connectivity index (χ1n) is 6.44. The van der Waals surface area contributed by atoms with Gasteiger partial charge in [0.2, 0.25) is 0 Å². The highest BCUT2D eigenvalue weighted by Crippen LogP contribution is 2.09. The van der Waals surface area contributed by atoms with Crippen LogP contribution in [-0.2, 0) is 4.57 Å². The summed E-state index contributed by atoms with van der Waals surface area (Å²) in [7, 11) is 0.461. The Morgan fingerprint density at radius 1 is 0.857 bits per heavy atom. The van der Waals surface area contributed by atoms with Crippen LogP contribution in [0.25, 0.3) is 0 Å². The molecule has 0 amide bonds. The first kappa shape index (κ1) is 15.4. The van der Waals surface area contributed by atoms with Crippen molar-refractivity contribution in [3.05, 3.63) is 48.5 Å². The molecular weight excluding hydrogens is 270 g/mol. The zero-order valence-electron chi connectivity index (χ0n) is 11.9. The summed E-state index contributed by atoms with van der Waals surface area (Å²) in [6.07, 6.45) is 0. The minimum Gasteiger partial charge on any atom is -0.497 e. The van der Waals surface area contributed by atoms with Gasteiger partial charge in [-0.05, 0) is 23.7 Å². The van der Waals surface area contributed by atoms with E-state index in [-0.39, 0.29) is 0 Å². The minimum atomic E-state index is -1.30. The van der Waals surface area contributed by atoms with Crippen LogP contribution in [0.4, 0.5) is 0 Å². The van der Waals surface area contributed by atoms with Gasteiger partial charge in [-0.2, -0.15) is 0 Å². The smallest absolute Gasteiger partial charge is 0.481 e. The molecule has 2 aromatic rings. The summed E-state index contributed by atoms with van der Waals surface area (Å²) < 4.78 is 15.5. The summed E-state index contributed by atoms with van der Waals surface area (Å²) in [6.45, 7) is 0. The molecule has 2 aromatic carbocycles. The predicted molar refractivity (Wildman–Crippen MR) is 82.3 cm³/mol. The summed E-state index contributed by atoms with van der Waals surface area (Å²) in [5, 5.41) is 20.2. The highest BCUT2D eigenvalue weighted by molar-refractivity contribution is 6.73. The first-order chi connectivity index (χ1) is 10.2. The van der Waals surface area contributed by atoms with Crippen molar-refractivity contribution in [2.24, 2.45) is 0 Å². The van der Waals surface area contributed by atoms with Crippen LogP contribution in [-0.4, -0.2) is 38.5 Å². The van der Waals surface area contributed by atoms with Crippen molar-refractivity contribution in [3.8, 4) is 11.5 Å². The number of rotatable bonds is 6. The summed E-state index contributed by atoms with van der Waals surface area (Å²) in [5.74, 6) is 1.09. The Bertz CT molecular complexity index is 593. The van der Waals surface area contributed by atoms with E-state index in [1.165, 1.54) is 14.2 Å². The topological polar surface area (TPSA) is 68.2 Å². The maximum absolute atomic E-state index is 10.1. The van der Waals surface area contributed by atoms with Crippen LogP contribution in [0.15, 0.2) is 48.5 Å². The molecule has 0 fully saturated rings. The molecule has 0 heterocycles. The standard InChI is InChI=1S/C14H16B2O5/c1-19-12-7-5-6-11(10-12)15(17)21-16(18)13-8-3-4-9-14(13)20-2/h3-10,17-18H,1-2H3. The number of hydrogen-bond acceptors (Lipinski definition) is 5. The molecule has 5 nitrogen and oxygen atoms in total. The fraction of sp³-hybridized carbons (Fsp3) is 0.143. The van der Waals surface area contributed by atoms with Gasteiger partial charge in [0.05, 0.1) is 14.2 Å². The second-order valence-corrected chi connectivity index (χ2v) is 4.36. The molecule has 21 heavy (non-hydrogen) atoms. The van der Waals surface area contributed by atoms with Crippen LogP contribution < -0.4 is 20.4 Å². The average molecular weight is 286 g/mol. The number of para-hydroxylation sites is 1. The fourth-order valence-corrected chi connectivity index (χ4v) is 1.94. The van der Waals surface area contributed by atoms with Crippen molar-refractivity contribution < 1.29 is 24.1 Å². The molecule has 0 aliphatic carbocycles. The van der Waals surface area contributed by atoms with E-state index in [2.05, 4.69) is 0 Å². The number of benzene rings is 2. The summed E-state index contributed by atoms with van der Waals surface area (Å²) in [6, 6.07) is 13.7. The van der Waals surface area contributed by atoms with Crippen molar-refractivity contribution in [1.82, 2.24) is 0 Å². The van der Waals surface area contributed by atoms with E-state index in [4.69, 9.17) is 14.0 Å². The molecule has 0 bridgehead atoms. The van der Waals surface area contributed by atoms with Crippen molar-refractivity contribution in [2.75, 3.05) is 14.2 Å². The van der Waals surface area contributed by atoms with E-state index in [0.29, 0.717) is 22.4 Å². The number of methoxy groups -OCH3 is 2. The van der Waals surface area contributed by atoms with Gasteiger partial charge in [0.1, 0.15) is 11.5 Å². The van der Waals surface area contributed by atoms with Gasteiger partial charge in [0, 0.05) is 5.46 Å². The SMILES string of the molecule is COc1cccc(B(O)OB(O)c2ccccc2OC)c1. The van der Waals surface area contributed by atoms with E-state index in [1.807, 2.05) is 0 Å². The molecule has 0 radical (unpaired) electrons. The summed E-state index contributed by atoms with van der Waals surface area (Å²) in [5.41, 5.74) is 0.935. The van der Waals surface area contributed by atoms with Gasteiger partial charge in [0.25, 0.3) is 0 Å². The summed E-state index contributed by atoms with van der Waals surface area (Å²) >= 11 is 0. The van der Waals surface area contributed by atoms with Crippen molar-refractivity contribution in [2.45, 2.75) is 0 Å². The molecule has 7 heteroatoms. The van der Waals surface area contributed by atoms with Crippen molar-refractivity contribution in [1.29, 1.82) is 0 Å². The lowest BCUT2D eigenvalue weighted by molar-refractivity contribution is 0.373. The molecular formula is C14H16B2O5. The maximum atomic E-state index is 10.1. The molecule has 108 valence electrons. The highest BCUT2D eigenvalue weighted by atomic mass is 16.5. The van der Waals surface area contributed by atoms with Crippen LogP contribution >= 0.6 is 0 Å². The molecule has 2 rings (SSSR count). The Morgan fingerprint density at radius 3 is 2.33 bits per heavy atom. The van der Waals surface area contributed by atoms with Crippen molar-refractivity contribution in [3.63, 3.8) is 0 Å². The molecule has 0 aromatic heterocycles. The molecule has 0 aliphatic rings. The summed E-state index contributed by atoms with van der Waals surface area (Å²) in [4.78, 5) is 0. The number of hydrogen-bond donors (Lipinski definition) is 2. The van der Waals surface area contributed by atoms with Crippen LogP contribution in [0, 0.1) is 0 Å². The Kier molecular flexibility index (Phi) is 5.27. The van der Waals surface area contributed by atoms with E-state index >= 15 is 0 Å². The lowest BCUT2D eigenvalue weighted by Crippen LogP contribution is -2.45. The third kappa shape index (κ3) is 3.78. The molecule has 2 N–H and O–H groups in total. The third-order valence-corrected chi connectivity index (χ3v) is 3.04. The van der Waals surface area contributed by atoms with Gasteiger partial charge < -0.3 is 24.1 Å². The van der Waals surface area contributed by atoms with Gasteiger partial charge in [-0.3, -0.25) is 0 Å². The van der Waals surface area contributed by atoms with Gasteiger partial charge >= 0.3 is 14.2 Å². The highest BCUT2D eigenvalue weighted by Gasteiger charge is 2.28. The fourth-order valence-electron chi connectivity index (χ4n) is 1.94. The average Bonchev–Trinajstić information content (AvgIpc) is 2.54. The Morgan fingerprint density at radius 2 is 1.62 bits per heavy atom. The Hall–Kier alpha value is -1.95. The number of ether oxygens (including phenoxy) is 2. The molecule has 0 spiro atoms. The van der Waals surface area contributed by atoms with Crippen LogP contribution in [0.3, 0.4) is 0 Å². The van der Waals surface area contributed by atoms with E-state index < -0.39 is 14.2 Å². The van der Waals surface area contributed by atoms with E-state index in [1.54, 1.807) is 48.5 Å². The van der Waals surface area contributed by atoms with Crippen molar-refractivity contribution >= 4 is 25.2 Å². The van der Waals surface area contributed by atoms with E-state index in [0.717, 1.165) is 0 Å². The monoisotopic (exact) mass is 286 g/mol. The zero-order valence-corrected chi connectivity index (χ0v) is 11.9. The van der Waals surface area contributed by atoms with Crippen LogP contribution in [0.1, 0.15) is 0 Å². The second-order valence-electron chi connectivity index (χ2n) is 4.36. The van der Waals surface area contributed by atoms with Crippen LogP contribution in [0.5, 0.6) is 11.5 Å². The molecule has 0 saturated carbocycles. The zero-order chi connectivity index (χ0) is 15.2. The Balaban J connectivity index is 2.12. The molecule has 0 saturated heterocycles. The lowest BCUT2D eigenvalue weighted by atomic mass is 9.71. The largest absolute Gasteiger partial charge is 0.497 e. The Labute approximate surface area is 124 Å². The maximum Gasteiger partial charge on any atom is 0.481 e. The minimum absolute atomic E-state index is 0.446. The first-order valence-corrected chi connectivity index (χ1v) is 6.44. The van der Waals surface area contributed by atoms with Gasteiger partial charge in [-0.1, -0.05) is 30.3 Å². The van der Waals surface area contributed by atoms with E-state index in [9.17, 15) is 10.0 Å². The normalized spacial score (nSPS) is 10.1.